The summed E-state index contributed by atoms with van der Waals surface area (Å²) in [5.74, 6) is 2.94. The first kappa shape index (κ1) is 18.9. The largest absolute Gasteiger partial charge is 0.497 e. The standard InChI is InChI=1S/C24H20N4O3S/c1-29-14-9-10-16(18(12-14)30-2)23-20-21(15-6-3-4-7-17(15)31-23)27-24-25-13-26-28(24)22(20)19-8-5-11-32-19/h3-13,22-23H,1-2H3,(H,25,26,27)/t22-,23-/m0/s1. The van der Waals surface area contributed by atoms with E-state index in [1.54, 1.807) is 31.9 Å². The van der Waals surface area contributed by atoms with Crippen LogP contribution in [-0.2, 0) is 0 Å². The molecule has 1 N–H and O–H groups in total. The predicted octanol–water partition coefficient (Wildman–Crippen LogP) is 4.92. The SMILES string of the molecule is COc1ccc([C@@H]2Oc3ccccc3C3=C2[C@H](c2cccs2)n2ncnc2N3)c(OC)c1. The van der Waals surface area contributed by atoms with Gasteiger partial charge in [-0.2, -0.15) is 10.1 Å². The summed E-state index contributed by atoms with van der Waals surface area (Å²) in [6.45, 7) is 0. The summed E-state index contributed by atoms with van der Waals surface area (Å²) in [7, 11) is 3.31. The number of nitrogens with one attached hydrogen (secondary N) is 1. The van der Waals surface area contributed by atoms with Gasteiger partial charge in [0.1, 0.15) is 29.6 Å². The molecular formula is C24H20N4O3S. The highest BCUT2D eigenvalue weighted by molar-refractivity contribution is 7.10. The lowest BCUT2D eigenvalue weighted by atomic mass is 9.86. The first-order chi connectivity index (χ1) is 15.8. The minimum absolute atomic E-state index is 0.158. The molecule has 4 heterocycles. The number of aromatic nitrogens is 3. The third-order valence-corrected chi connectivity index (χ3v) is 6.78. The molecule has 0 unspecified atom stereocenters. The highest BCUT2D eigenvalue weighted by Crippen LogP contribution is 2.52. The molecule has 6 rings (SSSR count). The average molecular weight is 445 g/mol. The van der Waals surface area contributed by atoms with Crippen LogP contribution in [0.1, 0.15) is 28.1 Å². The predicted molar refractivity (Wildman–Crippen MR) is 122 cm³/mol. The number of hydrogen-bond donors (Lipinski definition) is 1. The second-order valence-electron chi connectivity index (χ2n) is 7.50. The van der Waals surface area contributed by atoms with E-state index in [1.165, 1.54) is 0 Å². The zero-order valence-corrected chi connectivity index (χ0v) is 18.3. The maximum Gasteiger partial charge on any atom is 0.226 e. The number of para-hydroxylation sites is 1. The van der Waals surface area contributed by atoms with Gasteiger partial charge in [-0.1, -0.05) is 18.2 Å². The van der Waals surface area contributed by atoms with E-state index in [4.69, 9.17) is 14.2 Å². The lowest BCUT2D eigenvalue weighted by molar-refractivity contribution is 0.218. The number of fused-ring (bicyclic) bond motifs is 3. The van der Waals surface area contributed by atoms with Crippen molar-refractivity contribution in [1.82, 2.24) is 14.8 Å². The summed E-state index contributed by atoms with van der Waals surface area (Å²) < 4.78 is 19.7. The van der Waals surface area contributed by atoms with E-state index in [0.717, 1.165) is 38.8 Å². The smallest absolute Gasteiger partial charge is 0.226 e. The van der Waals surface area contributed by atoms with Gasteiger partial charge in [-0.05, 0) is 35.7 Å². The Morgan fingerprint density at radius 1 is 1.06 bits per heavy atom. The summed E-state index contributed by atoms with van der Waals surface area (Å²) in [5, 5.41) is 10.1. The van der Waals surface area contributed by atoms with Crippen molar-refractivity contribution in [1.29, 1.82) is 0 Å². The van der Waals surface area contributed by atoms with Crippen LogP contribution in [0.25, 0.3) is 5.70 Å². The van der Waals surface area contributed by atoms with Crippen molar-refractivity contribution in [3.8, 4) is 17.2 Å². The van der Waals surface area contributed by atoms with Gasteiger partial charge in [-0.25, -0.2) is 4.68 Å². The van der Waals surface area contributed by atoms with Crippen LogP contribution in [0.2, 0.25) is 0 Å². The number of benzene rings is 2. The van der Waals surface area contributed by atoms with E-state index in [1.807, 2.05) is 41.1 Å². The fraction of sp³-hybridized carbons (Fsp3) is 0.167. The molecule has 2 aromatic carbocycles. The summed E-state index contributed by atoms with van der Waals surface area (Å²) >= 11 is 1.69. The third-order valence-electron chi connectivity index (χ3n) is 5.86. The lowest BCUT2D eigenvalue weighted by Gasteiger charge is -2.38. The highest BCUT2D eigenvalue weighted by Gasteiger charge is 2.42. The van der Waals surface area contributed by atoms with Gasteiger partial charge < -0.3 is 19.5 Å². The Kier molecular flexibility index (Phi) is 4.39. The van der Waals surface area contributed by atoms with Crippen LogP contribution < -0.4 is 19.5 Å². The van der Waals surface area contributed by atoms with E-state index < -0.39 is 6.10 Å². The number of hydrogen-bond acceptors (Lipinski definition) is 7. The molecule has 0 radical (unpaired) electrons. The molecule has 32 heavy (non-hydrogen) atoms. The van der Waals surface area contributed by atoms with Crippen LogP contribution in [0, 0.1) is 0 Å². The minimum atomic E-state index is -0.391. The zero-order chi connectivity index (χ0) is 21.7. The average Bonchev–Trinajstić information content (AvgIpc) is 3.54. The van der Waals surface area contributed by atoms with Gasteiger partial charge in [0.25, 0.3) is 0 Å². The summed E-state index contributed by atoms with van der Waals surface area (Å²) in [6.07, 6.45) is 1.19. The van der Waals surface area contributed by atoms with E-state index >= 15 is 0 Å². The van der Waals surface area contributed by atoms with Crippen molar-refractivity contribution in [2.45, 2.75) is 12.1 Å². The summed E-state index contributed by atoms with van der Waals surface area (Å²) in [4.78, 5) is 5.62. The summed E-state index contributed by atoms with van der Waals surface area (Å²) in [6, 6.07) is 17.9. The molecular weight excluding hydrogens is 424 g/mol. The zero-order valence-electron chi connectivity index (χ0n) is 17.5. The van der Waals surface area contributed by atoms with Crippen LogP contribution in [0.4, 0.5) is 5.95 Å². The minimum Gasteiger partial charge on any atom is -0.497 e. The quantitative estimate of drug-likeness (QED) is 0.482. The van der Waals surface area contributed by atoms with Crippen LogP contribution in [-0.4, -0.2) is 29.0 Å². The molecule has 0 aliphatic carbocycles. The highest BCUT2D eigenvalue weighted by atomic mass is 32.1. The molecule has 2 atom stereocenters. The molecule has 2 aromatic heterocycles. The van der Waals surface area contributed by atoms with Crippen molar-refractivity contribution in [3.63, 3.8) is 0 Å². The molecule has 7 nitrogen and oxygen atoms in total. The third kappa shape index (κ3) is 2.80. The monoisotopic (exact) mass is 444 g/mol. The van der Waals surface area contributed by atoms with Gasteiger partial charge in [0, 0.05) is 27.6 Å². The Balaban J connectivity index is 1.62. The number of anilines is 1. The Bertz CT molecular complexity index is 1330. The Labute approximate surface area is 188 Å². The Hall–Kier alpha value is -3.78. The van der Waals surface area contributed by atoms with Gasteiger partial charge in [0.2, 0.25) is 5.95 Å². The van der Waals surface area contributed by atoms with Crippen molar-refractivity contribution < 1.29 is 14.2 Å². The van der Waals surface area contributed by atoms with Crippen molar-refractivity contribution >= 4 is 23.0 Å². The second kappa shape index (κ2) is 7.42. The van der Waals surface area contributed by atoms with Gasteiger partial charge in [0.05, 0.1) is 19.9 Å². The fourth-order valence-corrected chi connectivity index (χ4v) is 5.26. The van der Waals surface area contributed by atoms with Crippen molar-refractivity contribution in [2.24, 2.45) is 0 Å². The van der Waals surface area contributed by atoms with E-state index in [9.17, 15) is 0 Å². The molecule has 8 heteroatoms. The maximum absolute atomic E-state index is 6.65. The van der Waals surface area contributed by atoms with Gasteiger partial charge >= 0.3 is 0 Å². The normalized spacial score (nSPS) is 18.7. The number of rotatable bonds is 4. The molecule has 0 spiro atoms. The van der Waals surface area contributed by atoms with E-state index in [0.29, 0.717) is 11.7 Å². The molecule has 4 aromatic rings. The molecule has 0 saturated heterocycles. The number of thiophene rings is 1. The molecule has 2 aliphatic heterocycles. The van der Waals surface area contributed by atoms with E-state index in [-0.39, 0.29) is 6.04 Å². The molecule has 160 valence electrons. The van der Waals surface area contributed by atoms with Crippen LogP contribution in [0.5, 0.6) is 17.2 Å². The van der Waals surface area contributed by atoms with Crippen molar-refractivity contribution in [3.05, 3.63) is 87.9 Å². The van der Waals surface area contributed by atoms with Gasteiger partial charge in [-0.15, -0.1) is 11.3 Å². The maximum atomic E-state index is 6.65. The second-order valence-corrected chi connectivity index (χ2v) is 8.48. The molecule has 2 aliphatic rings. The first-order valence-electron chi connectivity index (χ1n) is 10.2. The molecule has 0 amide bonds. The summed E-state index contributed by atoms with van der Waals surface area (Å²) in [5.41, 5.74) is 3.98. The van der Waals surface area contributed by atoms with Crippen molar-refractivity contribution in [2.75, 3.05) is 19.5 Å². The molecule has 0 bridgehead atoms. The molecule has 0 saturated carbocycles. The lowest BCUT2D eigenvalue weighted by Crippen LogP contribution is -2.32. The topological polar surface area (TPSA) is 70.4 Å². The number of methoxy groups -OCH3 is 2. The van der Waals surface area contributed by atoms with Crippen LogP contribution in [0.3, 0.4) is 0 Å². The molecule has 0 fully saturated rings. The first-order valence-corrected chi connectivity index (χ1v) is 11.1. The Morgan fingerprint density at radius 2 is 1.97 bits per heavy atom. The Morgan fingerprint density at radius 3 is 2.78 bits per heavy atom. The van der Waals surface area contributed by atoms with Crippen LogP contribution in [0.15, 0.2) is 71.9 Å². The van der Waals surface area contributed by atoms with Gasteiger partial charge in [0.15, 0.2) is 6.10 Å². The fourth-order valence-electron chi connectivity index (χ4n) is 4.43. The van der Waals surface area contributed by atoms with Gasteiger partial charge in [-0.3, -0.25) is 0 Å². The van der Waals surface area contributed by atoms with E-state index in [2.05, 4.69) is 39.0 Å². The number of ether oxygens (including phenoxy) is 3. The number of nitrogens with zero attached hydrogens (tertiary/aromatic N) is 3. The van der Waals surface area contributed by atoms with Crippen LogP contribution >= 0.6 is 11.3 Å².